The van der Waals surface area contributed by atoms with Gasteiger partial charge in [0.05, 0.1) is 36.0 Å². The summed E-state index contributed by atoms with van der Waals surface area (Å²) in [5.41, 5.74) is 10.7. The Bertz CT molecular complexity index is 700. The average molecular weight is 271 g/mol. The maximum absolute atomic E-state index is 5.73. The van der Waals surface area contributed by atoms with Crippen LogP contribution in [-0.4, -0.2) is 19.5 Å². The van der Waals surface area contributed by atoms with Crippen LogP contribution in [0.3, 0.4) is 0 Å². The van der Waals surface area contributed by atoms with E-state index in [1.807, 2.05) is 37.1 Å². The second kappa shape index (κ2) is 4.81. The summed E-state index contributed by atoms with van der Waals surface area (Å²) in [6.45, 7) is 2.79. The first-order valence-corrected chi connectivity index (χ1v) is 6.73. The second-order valence-electron chi connectivity index (χ2n) is 4.24. The van der Waals surface area contributed by atoms with Crippen LogP contribution < -0.4 is 5.73 Å². The van der Waals surface area contributed by atoms with E-state index in [2.05, 4.69) is 19.5 Å². The van der Waals surface area contributed by atoms with E-state index in [1.54, 1.807) is 17.5 Å². The third kappa shape index (κ3) is 2.34. The molecule has 3 rings (SSSR count). The van der Waals surface area contributed by atoms with Crippen LogP contribution in [-0.2, 0) is 6.54 Å². The third-order valence-electron chi connectivity index (χ3n) is 2.95. The number of hydrogen-bond acceptors (Lipinski definition) is 5. The highest BCUT2D eigenvalue weighted by atomic mass is 32.1. The molecule has 3 aromatic heterocycles. The first kappa shape index (κ1) is 11.9. The third-order valence-corrected chi connectivity index (χ3v) is 3.87. The van der Waals surface area contributed by atoms with E-state index >= 15 is 0 Å². The van der Waals surface area contributed by atoms with Crippen LogP contribution in [0, 0.1) is 6.92 Å². The summed E-state index contributed by atoms with van der Waals surface area (Å²) in [4.78, 5) is 13.7. The summed E-state index contributed by atoms with van der Waals surface area (Å²) in [5.74, 6) is 0.513. The summed E-state index contributed by atoms with van der Waals surface area (Å²) >= 11 is 1.66. The lowest BCUT2D eigenvalue weighted by Crippen LogP contribution is -2.00. The molecule has 0 aliphatic heterocycles. The van der Waals surface area contributed by atoms with Crippen molar-refractivity contribution in [2.45, 2.75) is 13.5 Å². The van der Waals surface area contributed by atoms with Gasteiger partial charge in [-0.3, -0.25) is 0 Å². The molecular weight excluding hydrogens is 258 g/mol. The molecule has 0 atom stereocenters. The van der Waals surface area contributed by atoms with Crippen molar-refractivity contribution < 1.29 is 0 Å². The molecule has 0 aliphatic rings. The van der Waals surface area contributed by atoms with E-state index in [1.165, 1.54) is 4.88 Å². The minimum Gasteiger partial charge on any atom is -0.384 e. The fourth-order valence-electron chi connectivity index (χ4n) is 1.93. The van der Waals surface area contributed by atoms with Crippen molar-refractivity contribution in [1.82, 2.24) is 19.5 Å². The molecule has 0 spiro atoms. The number of nitrogens with zero attached hydrogens (tertiary/aromatic N) is 4. The molecule has 6 heteroatoms. The number of pyridine rings is 1. The lowest BCUT2D eigenvalue weighted by Gasteiger charge is -2.07. The summed E-state index contributed by atoms with van der Waals surface area (Å²) in [6, 6.07) is 3.79. The Balaban J connectivity index is 1.97. The number of thiazole rings is 1. The molecular formula is C13H13N5S. The standard InChI is InChI=1S/C13H13N5S/c1-9-12(19-8-17-9)6-18-7-15-5-11(18)10-2-3-16-13(14)4-10/h2-5,7-8H,6H2,1H3,(H2,14,16). The zero-order valence-electron chi connectivity index (χ0n) is 10.4. The monoisotopic (exact) mass is 271 g/mol. The van der Waals surface area contributed by atoms with Crippen LogP contribution in [0.1, 0.15) is 10.6 Å². The van der Waals surface area contributed by atoms with Crippen LogP contribution in [0.4, 0.5) is 5.82 Å². The Labute approximate surface area is 114 Å². The van der Waals surface area contributed by atoms with E-state index in [0.29, 0.717) is 5.82 Å². The van der Waals surface area contributed by atoms with Gasteiger partial charge in [-0.15, -0.1) is 11.3 Å². The first-order chi connectivity index (χ1) is 9.24. The fraction of sp³-hybridized carbons (Fsp3) is 0.154. The largest absolute Gasteiger partial charge is 0.384 e. The molecule has 2 N–H and O–H groups in total. The van der Waals surface area contributed by atoms with Crippen LogP contribution >= 0.6 is 11.3 Å². The molecule has 5 nitrogen and oxygen atoms in total. The maximum Gasteiger partial charge on any atom is 0.123 e. The van der Waals surface area contributed by atoms with Crippen molar-refractivity contribution in [2.75, 3.05) is 5.73 Å². The van der Waals surface area contributed by atoms with Gasteiger partial charge >= 0.3 is 0 Å². The minimum absolute atomic E-state index is 0.513. The minimum atomic E-state index is 0.513. The Kier molecular flexibility index (Phi) is 3.00. The van der Waals surface area contributed by atoms with Crippen molar-refractivity contribution in [3.63, 3.8) is 0 Å². The van der Waals surface area contributed by atoms with Gasteiger partial charge in [0.25, 0.3) is 0 Å². The topological polar surface area (TPSA) is 69.6 Å². The maximum atomic E-state index is 5.73. The summed E-state index contributed by atoms with van der Waals surface area (Å²) in [5, 5.41) is 0. The van der Waals surface area contributed by atoms with E-state index in [-0.39, 0.29) is 0 Å². The molecule has 0 amide bonds. The Morgan fingerprint density at radius 1 is 1.37 bits per heavy atom. The van der Waals surface area contributed by atoms with Crippen molar-refractivity contribution in [2.24, 2.45) is 0 Å². The van der Waals surface area contributed by atoms with Crippen molar-refractivity contribution in [3.05, 3.63) is 46.9 Å². The number of nitrogen functional groups attached to an aromatic ring is 1. The molecule has 19 heavy (non-hydrogen) atoms. The van der Waals surface area contributed by atoms with Crippen LogP contribution in [0.25, 0.3) is 11.3 Å². The lowest BCUT2D eigenvalue weighted by atomic mass is 10.2. The van der Waals surface area contributed by atoms with E-state index in [0.717, 1.165) is 23.5 Å². The van der Waals surface area contributed by atoms with Crippen LogP contribution in [0.2, 0.25) is 0 Å². The number of imidazole rings is 1. The van der Waals surface area contributed by atoms with E-state index < -0.39 is 0 Å². The molecule has 0 saturated heterocycles. The van der Waals surface area contributed by atoms with Gasteiger partial charge in [-0.1, -0.05) is 0 Å². The summed E-state index contributed by atoms with van der Waals surface area (Å²) in [7, 11) is 0. The Morgan fingerprint density at radius 2 is 2.26 bits per heavy atom. The Morgan fingerprint density at radius 3 is 3.00 bits per heavy atom. The number of anilines is 1. The van der Waals surface area contributed by atoms with Gasteiger partial charge in [-0.25, -0.2) is 15.0 Å². The summed E-state index contributed by atoms with van der Waals surface area (Å²) < 4.78 is 2.09. The molecule has 0 aromatic carbocycles. The number of aromatic nitrogens is 4. The molecule has 0 fully saturated rings. The Hall–Kier alpha value is -2.21. The highest BCUT2D eigenvalue weighted by Gasteiger charge is 2.08. The van der Waals surface area contributed by atoms with Gasteiger partial charge in [0.1, 0.15) is 5.82 Å². The second-order valence-corrected chi connectivity index (χ2v) is 5.18. The van der Waals surface area contributed by atoms with E-state index in [9.17, 15) is 0 Å². The van der Waals surface area contributed by atoms with Crippen LogP contribution in [0.15, 0.2) is 36.4 Å². The molecule has 0 aliphatic carbocycles. The average Bonchev–Trinajstić information content (AvgIpc) is 3.00. The zero-order chi connectivity index (χ0) is 13.2. The smallest absolute Gasteiger partial charge is 0.123 e. The predicted molar refractivity (Wildman–Crippen MR) is 75.8 cm³/mol. The SMILES string of the molecule is Cc1ncsc1Cn1cncc1-c1ccnc(N)c1. The molecule has 3 heterocycles. The van der Waals surface area contributed by atoms with Crippen LogP contribution in [0.5, 0.6) is 0 Å². The predicted octanol–water partition coefficient (Wildman–Crippen LogP) is 2.34. The normalized spacial score (nSPS) is 10.8. The highest BCUT2D eigenvalue weighted by molar-refractivity contribution is 7.09. The number of nitrogens with two attached hydrogens (primary N) is 1. The number of rotatable bonds is 3. The van der Waals surface area contributed by atoms with Gasteiger partial charge in [-0.2, -0.15) is 0 Å². The van der Waals surface area contributed by atoms with Gasteiger partial charge in [0.2, 0.25) is 0 Å². The molecule has 0 bridgehead atoms. The van der Waals surface area contributed by atoms with Crippen molar-refractivity contribution in [1.29, 1.82) is 0 Å². The molecule has 0 radical (unpaired) electrons. The highest BCUT2D eigenvalue weighted by Crippen LogP contribution is 2.22. The van der Waals surface area contributed by atoms with Crippen molar-refractivity contribution >= 4 is 17.2 Å². The fourth-order valence-corrected chi connectivity index (χ4v) is 2.70. The van der Waals surface area contributed by atoms with Gasteiger partial charge in [0, 0.05) is 16.6 Å². The van der Waals surface area contributed by atoms with E-state index in [4.69, 9.17) is 5.73 Å². The molecule has 96 valence electrons. The lowest BCUT2D eigenvalue weighted by molar-refractivity contribution is 0.809. The summed E-state index contributed by atoms with van der Waals surface area (Å²) in [6.07, 6.45) is 5.37. The van der Waals surface area contributed by atoms with Gasteiger partial charge in [-0.05, 0) is 19.1 Å². The zero-order valence-corrected chi connectivity index (χ0v) is 11.3. The number of aryl methyl sites for hydroxylation is 1. The number of hydrogen-bond donors (Lipinski definition) is 1. The first-order valence-electron chi connectivity index (χ1n) is 5.85. The van der Waals surface area contributed by atoms with Gasteiger partial charge in [0.15, 0.2) is 0 Å². The van der Waals surface area contributed by atoms with Crippen molar-refractivity contribution in [3.8, 4) is 11.3 Å². The molecule has 0 unspecified atom stereocenters. The van der Waals surface area contributed by atoms with Gasteiger partial charge < -0.3 is 10.3 Å². The quantitative estimate of drug-likeness (QED) is 0.793. The molecule has 0 saturated carbocycles. The molecule has 3 aromatic rings.